The number of hydrogen-bond donors (Lipinski definition) is 1. The van der Waals surface area contributed by atoms with E-state index in [4.69, 9.17) is 5.11 Å². The summed E-state index contributed by atoms with van der Waals surface area (Å²) in [6, 6.07) is -0.765. The number of carbonyl (C=O) groups excluding carboxylic acids is 2. The number of rotatable bonds is 6. The van der Waals surface area contributed by atoms with Crippen molar-refractivity contribution in [2.24, 2.45) is 4.99 Å². The molecule has 0 radical (unpaired) electrons. The topological polar surface area (TPSA) is 87.0 Å². The molecule has 3 amide bonds. The number of carboxylic acids is 1. The molecular formula is C10H14N2O4. The first kappa shape index (κ1) is 12.4. The summed E-state index contributed by atoms with van der Waals surface area (Å²) < 4.78 is 0. The number of aliphatic carboxylic acids is 1. The molecule has 88 valence electrons. The molecule has 0 fully saturated rings. The highest BCUT2D eigenvalue weighted by molar-refractivity contribution is 6.46. The summed E-state index contributed by atoms with van der Waals surface area (Å²) in [6.45, 7) is 1.42. The lowest BCUT2D eigenvalue weighted by Gasteiger charge is -2.08. The van der Waals surface area contributed by atoms with Gasteiger partial charge in [0.25, 0.3) is 5.91 Å². The van der Waals surface area contributed by atoms with Crippen LogP contribution in [-0.4, -0.2) is 40.2 Å². The van der Waals surface area contributed by atoms with Gasteiger partial charge in [-0.05, 0) is 12.8 Å². The second-order valence-electron chi connectivity index (χ2n) is 3.58. The van der Waals surface area contributed by atoms with Crippen molar-refractivity contribution in [3.05, 3.63) is 0 Å². The number of hydrogen-bond acceptors (Lipinski definition) is 3. The summed E-state index contributed by atoms with van der Waals surface area (Å²) in [6.07, 6.45) is 3.19. The number of amides is 3. The van der Waals surface area contributed by atoms with Crippen molar-refractivity contribution in [3.63, 3.8) is 0 Å². The van der Waals surface area contributed by atoms with Gasteiger partial charge >= 0.3 is 12.0 Å². The lowest BCUT2D eigenvalue weighted by molar-refractivity contribution is -0.140. The Kier molecular flexibility index (Phi) is 4.16. The van der Waals surface area contributed by atoms with Crippen molar-refractivity contribution in [2.75, 3.05) is 6.54 Å². The van der Waals surface area contributed by atoms with Crippen molar-refractivity contribution in [2.45, 2.75) is 32.6 Å². The molecular weight excluding hydrogens is 212 g/mol. The number of carbonyl (C=O) groups is 3. The van der Waals surface area contributed by atoms with E-state index in [0.29, 0.717) is 11.3 Å². The molecule has 0 aromatic rings. The number of nitrogens with zero attached hydrogens (tertiary/aromatic N) is 2. The van der Waals surface area contributed by atoms with Crippen LogP contribution in [0.5, 0.6) is 0 Å². The van der Waals surface area contributed by atoms with Gasteiger partial charge in [0.2, 0.25) is 0 Å². The maximum Gasteiger partial charge on any atom is 0.351 e. The van der Waals surface area contributed by atoms with Gasteiger partial charge in [-0.3, -0.25) is 9.59 Å². The minimum absolute atomic E-state index is 0.180. The van der Waals surface area contributed by atoms with Crippen molar-refractivity contribution in [1.82, 2.24) is 4.90 Å². The van der Waals surface area contributed by atoms with Crippen LogP contribution in [0.2, 0.25) is 0 Å². The molecule has 0 saturated carbocycles. The highest BCUT2D eigenvalue weighted by Gasteiger charge is 2.33. The second kappa shape index (κ2) is 5.39. The SMILES string of the molecule is CCCCCC1=NC(=O)N(CC(=O)O)C1=O. The monoisotopic (exact) mass is 226 g/mol. The Morgan fingerprint density at radius 2 is 2.06 bits per heavy atom. The van der Waals surface area contributed by atoms with E-state index in [-0.39, 0.29) is 5.71 Å². The fourth-order valence-electron chi connectivity index (χ4n) is 1.45. The third-order valence-electron chi connectivity index (χ3n) is 2.26. The van der Waals surface area contributed by atoms with Crippen molar-refractivity contribution in [1.29, 1.82) is 0 Å². The Bertz CT molecular complexity index is 349. The van der Waals surface area contributed by atoms with E-state index in [0.717, 1.165) is 19.3 Å². The maximum atomic E-state index is 11.6. The Hall–Kier alpha value is -1.72. The fourth-order valence-corrected chi connectivity index (χ4v) is 1.45. The molecule has 0 unspecified atom stereocenters. The average molecular weight is 226 g/mol. The van der Waals surface area contributed by atoms with Gasteiger partial charge in [0.05, 0.1) is 0 Å². The summed E-state index contributed by atoms with van der Waals surface area (Å²) in [4.78, 5) is 37.4. The average Bonchev–Trinajstić information content (AvgIpc) is 2.46. The van der Waals surface area contributed by atoms with E-state index < -0.39 is 24.5 Å². The molecule has 1 aliphatic heterocycles. The predicted octanol–water partition coefficient (Wildman–Crippen LogP) is 1.05. The van der Waals surface area contributed by atoms with E-state index in [1.165, 1.54) is 0 Å². The van der Waals surface area contributed by atoms with E-state index in [1.807, 2.05) is 6.92 Å². The zero-order valence-corrected chi connectivity index (χ0v) is 9.10. The molecule has 0 saturated heterocycles. The largest absolute Gasteiger partial charge is 0.480 e. The minimum atomic E-state index is -1.22. The number of imide groups is 1. The standard InChI is InChI=1S/C10H14N2O4/c1-2-3-4-5-7-9(15)12(6-8(13)14)10(16)11-7/h2-6H2,1H3,(H,13,14). The second-order valence-corrected chi connectivity index (χ2v) is 3.58. The number of urea groups is 1. The van der Waals surface area contributed by atoms with E-state index >= 15 is 0 Å². The third kappa shape index (κ3) is 2.88. The lowest BCUT2D eigenvalue weighted by atomic mass is 10.1. The molecule has 6 heteroatoms. The summed E-state index contributed by atoms with van der Waals surface area (Å²) in [5, 5.41) is 8.51. The van der Waals surface area contributed by atoms with Gasteiger partial charge < -0.3 is 5.11 Å². The summed E-state index contributed by atoms with van der Waals surface area (Å²) in [5.74, 6) is -1.78. The van der Waals surface area contributed by atoms with Gasteiger partial charge in [-0.25, -0.2) is 9.69 Å². The molecule has 1 aliphatic rings. The highest BCUT2D eigenvalue weighted by Crippen LogP contribution is 2.11. The first-order chi connectivity index (χ1) is 7.56. The van der Waals surface area contributed by atoms with Crippen molar-refractivity contribution >= 4 is 23.6 Å². The van der Waals surface area contributed by atoms with Gasteiger partial charge in [0.1, 0.15) is 12.3 Å². The normalized spacial score (nSPS) is 15.6. The van der Waals surface area contributed by atoms with Gasteiger partial charge in [-0.1, -0.05) is 19.8 Å². The zero-order chi connectivity index (χ0) is 12.1. The van der Waals surface area contributed by atoms with Crippen LogP contribution in [0.4, 0.5) is 4.79 Å². The summed E-state index contributed by atoms with van der Waals surface area (Å²) >= 11 is 0. The number of unbranched alkanes of at least 4 members (excludes halogenated alkanes) is 2. The first-order valence-corrected chi connectivity index (χ1v) is 5.21. The molecule has 0 bridgehead atoms. The maximum absolute atomic E-state index is 11.6. The van der Waals surface area contributed by atoms with E-state index in [1.54, 1.807) is 0 Å². The zero-order valence-electron chi connectivity index (χ0n) is 9.10. The van der Waals surface area contributed by atoms with Crippen molar-refractivity contribution in [3.8, 4) is 0 Å². The molecule has 0 aliphatic carbocycles. The van der Waals surface area contributed by atoms with Gasteiger partial charge in [-0.2, -0.15) is 4.99 Å². The van der Waals surface area contributed by atoms with Gasteiger partial charge in [-0.15, -0.1) is 0 Å². The highest BCUT2D eigenvalue weighted by atomic mass is 16.4. The molecule has 1 N–H and O–H groups in total. The number of aliphatic imine (C=N–C) groups is 1. The Labute approximate surface area is 93.0 Å². The Morgan fingerprint density at radius 1 is 1.38 bits per heavy atom. The summed E-state index contributed by atoms with van der Waals surface area (Å²) in [7, 11) is 0. The molecule has 0 aromatic carbocycles. The van der Waals surface area contributed by atoms with Crippen LogP contribution < -0.4 is 0 Å². The smallest absolute Gasteiger partial charge is 0.351 e. The quantitative estimate of drug-likeness (QED) is 0.686. The molecule has 0 aromatic heterocycles. The molecule has 0 atom stereocenters. The minimum Gasteiger partial charge on any atom is -0.480 e. The molecule has 0 spiro atoms. The van der Waals surface area contributed by atoms with Crippen LogP contribution >= 0.6 is 0 Å². The predicted molar refractivity (Wildman–Crippen MR) is 56.3 cm³/mol. The molecule has 6 nitrogen and oxygen atoms in total. The third-order valence-corrected chi connectivity index (χ3v) is 2.26. The number of carboxylic acid groups (broad SMARTS) is 1. The first-order valence-electron chi connectivity index (χ1n) is 5.21. The van der Waals surface area contributed by atoms with Crippen molar-refractivity contribution < 1.29 is 19.5 Å². The van der Waals surface area contributed by atoms with E-state index in [9.17, 15) is 14.4 Å². The lowest BCUT2D eigenvalue weighted by Crippen LogP contribution is -2.36. The van der Waals surface area contributed by atoms with Crippen LogP contribution in [0, 0.1) is 0 Å². The van der Waals surface area contributed by atoms with Crippen LogP contribution in [0.3, 0.4) is 0 Å². The molecule has 1 rings (SSSR count). The van der Waals surface area contributed by atoms with Crippen LogP contribution in [0.15, 0.2) is 4.99 Å². The van der Waals surface area contributed by atoms with Gasteiger partial charge in [0, 0.05) is 0 Å². The van der Waals surface area contributed by atoms with E-state index in [2.05, 4.69) is 4.99 Å². The summed E-state index contributed by atoms with van der Waals surface area (Å²) in [5.41, 5.74) is 0.180. The fraction of sp³-hybridized carbons (Fsp3) is 0.600. The van der Waals surface area contributed by atoms with Gasteiger partial charge in [0.15, 0.2) is 0 Å². The molecule has 1 heterocycles. The van der Waals surface area contributed by atoms with Crippen LogP contribution in [0.1, 0.15) is 32.6 Å². The van der Waals surface area contributed by atoms with Crippen LogP contribution in [-0.2, 0) is 9.59 Å². The molecule has 16 heavy (non-hydrogen) atoms. The van der Waals surface area contributed by atoms with Crippen LogP contribution in [0.25, 0.3) is 0 Å². The Morgan fingerprint density at radius 3 is 2.62 bits per heavy atom. The Balaban J connectivity index is 2.56.